The number of nitrogens with one attached hydrogen (secondary N) is 1. The Hall–Kier alpha value is -4.32. The number of carbonyl (C=O) groups is 1. The minimum atomic E-state index is -0.254. The summed E-state index contributed by atoms with van der Waals surface area (Å²) in [6.07, 6.45) is 0. The molecule has 0 radical (unpaired) electrons. The average molecular weight is 437 g/mol. The van der Waals surface area contributed by atoms with E-state index < -0.39 is 0 Å². The van der Waals surface area contributed by atoms with Crippen LogP contribution in [0.25, 0.3) is 27.8 Å². The predicted molar refractivity (Wildman–Crippen MR) is 132 cm³/mol. The zero-order chi connectivity index (χ0) is 22.9. The molecule has 5 rings (SSSR count). The number of carbonyl (C=O) groups excluding carboxylic acids is 1. The van der Waals surface area contributed by atoms with E-state index in [1.54, 1.807) is 9.36 Å². The molecule has 33 heavy (non-hydrogen) atoms. The molecule has 6 heteroatoms. The Labute approximate surface area is 191 Å². The monoisotopic (exact) mass is 436 g/mol. The third-order valence-electron chi connectivity index (χ3n) is 6.00. The Morgan fingerprint density at radius 3 is 2.24 bits per heavy atom. The number of anilines is 1. The van der Waals surface area contributed by atoms with Gasteiger partial charge in [0.15, 0.2) is 0 Å². The molecule has 0 fully saturated rings. The molecule has 6 nitrogen and oxygen atoms in total. The molecule has 164 valence electrons. The molecule has 5 aromatic rings. The lowest BCUT2D eigenvalue weighted by Gasteiger charge is -2.11. The Morgan fingerprint density at radius 2 is 1.52 bits per heavy atom. The van der Waals surface area contributed by atoms with E-state index in [4.69, 9.17) is 0 Å². The van der Waals surface area contributed by atoms with Crippen molar-refractivity contribution < 1.29 is 4.79 Å². The molecule has 0 atom stereocenters. The summed E-state index contributed by atoms with van der Waals surface area (Å²) in [7, 11) is 1.81. The van der Waals surface area contributed by atoms with Crippen molar-refractivity contribution in [1.29, 1.82) is 0 Å². The number of nitrogens with zero attached hydrogens (tertiary/aromatic N) is 3. The van der Waals surface area contributed by atoms with Crippen molar-refractivity contribution >= 4 is 22.5 Å². The second-order valence-electron chi connectivity index (χ2n) is 8.03. The first kappa shape index (κ1) is 20.6. The lowest BCUT2D eigenvalue weighted by atomic mass is 10.1. The first-order valence-corrected chi connectivity index (χ1v) is 10.8. The van der Waals surface area contributed by atoms with E-state index in [0.29, 0.717) is 11.4 Å². The van der Waals surface area contributed by atoms with Crippen LogP contribution < -0.4 is 10.9 Å². The molecular weight excluding hydrogens is 412 g/mol. The summed E-state index contributed by atoms with van der Waals surface area (Å²) in [6, 6.07) is 29.5. The molecule has 0 aliphatic rings. The zero-order valence-electron chi connectivity index (χ0n) is 18.5. The van der Waals surface area contributed by atoms with Gasteiger partial charge in [-0.25, -0.2) is 4.68 Å². The predicted octanol–water partition coefficient (Wildman–Crippen LogP) is 4.74. The van der Waals surface area contributed by atoms with Crippen molar-refractivity contribution in [3.63, 3.8) is 0 Å². The van der Waals surface area contributed by atoms with E-state index in [0.717, 1.165) is 27.8 Å². The third-order valence-corrected chi connectivity index (χ3v) is 6.00. The van der Waals surface area contributed by atoms with Crippen LogP contribution in [0.2, 0.25) is 0 Å². The quantitative estimate of drug-likeness (QED) is 0.432. The minimum absolute atomic E-state index is 0.0941. The van der Waals surface area contributed by atoms with E-state index >= 15 is 0 Å². The van der Waals surface area contributed by atoms with Gasteiger partial charge >= 0.3 is 0 Å². The van der Waals surface area contributed by atoms with Crippen molar-refractivity contribution in [2.24, 2.45) is 7.05 Å². The Morgan fingerprint density at radius 1 is 0.879 bits per heavy atom. The molecule has 2 aromatic heterocycles. The van der Waals surface area contributed by atoms with Gasteiger partial charge in [-0.2, -0.15) is 0 Å². The van der Waals surface area contributed by atoms with Crippen molar-refractivity contribution in [1.82, 2.24) is 13.9 Å². The molecule has 0 spiro atoms. The van der Waals surface area contributed by atoms with Crippen LogP contribution in [-0.4, -0.2) is 19.8 Å². The summed E-state index contributed by atoms with van der Waals surface area (Å²) in [5.74, 6) is -0.250. The number of rotatable bonds is 5. The largest absolute Gasteiger partial charge is 0.331 e. The number of aromatic nitrogens is 3. The second kappa shape index (κ2) is 8.31. The van der Waals surface area contributed by atoms with Crippen LogP contribution in [0.5, 0.6) is 0 Å². The van der Waals surface area contributed by atoms with Gasteiger partial charge < -0.3 is 9.88 Å². The lowest BCUT2D eigenvalue weighted by molar-refractivity contribution is -0.116. The third kappa shape index (κ3) is 3.65. The first-order valence-electron chi connectivity index (χ1n) is 10.8. The van der Waals surface area contributed by atoms with Crippen LogP contribution in [0.1, 0.15) is 5.69 Å². The highest BCUT2D eigenvalue weighted by atomic mass is 16.2. The molecule has 1 N–H and O–H groups in total. The molecule has 2 heterocycles. The SMILES string of the molecule is Cc1c(NC(=O)Cn2c(-c3ccccc3)cc3ccccc32)c(=O)n(-c2ccccc2)n1C. The van der Waals surface area contributed by atoms with Gasteiger partial charge in [0.2, 0.25) is 5.91 Å². The molecule has 1 amide bonds. The Balaban J connectivity index is 1.51. The molecule has 0 bridgehead atoms. The van der Waals surface area contributed by atoms with E-state index in [2.05, 4.69) is 11.4 Å². The summed E-state index contributed by atoms with van der Waals surface area (Å²) >= 11 is 0. The maximum Gasteiger partial charge on any atom is 0.295 e. The topological polar surface area (TPSA) is 61.0 Å². The average Bonchev–Trinajstić information content (AvgIpc) is 3.30. The van der Waals surface area contributed by atoms with Gasteiger partial charge in [0.05, 0.1) is 11.4 Å². The van der Waals surface area contributed by atoms with Gasteiger partial charge in [0.1, 0.15) is 12.2 Å². The number of benzene rings is 3. The number of para-hydroxylation sites is 2. The lowest BCUT2D eigenvalue weighted by Crippen LogP contribution is -2.25. The highest BCUT2D eigenvalue weighted by Gasteiger charge is 2.19. The minimum Gasteiger partial charge on any atom is -0.331 e. The molecule has 3 aromatic carbocycles. The van der Waals surface area contributed by atoms with Gasteiger partial charge in [-0.3, -0.25) is 14.3 Å². The van der Waals surface area contributed by atoms with E-state index in [1.165, 1.54) is 0 Å². The van der Waals surface area contributed by atoms with Crippen molar-refractivity contribution in [3.05, 3.63) is 107 Å². The normalized spacial score (nSPS) is 11.1. The number of hydrogen-bond donors (Lipinski definition) is 1. The molecule has 0 unspecified atom stereocenters. The van der Waals surface area contributed by atoms with Gasteiger partial charge in [0.25, 0.3) is 5.56 Å². The van der Waals surface area contributed by atoms with Crippen LogP contribution in [0.15, 0.2) is 95.8 Å². The first-order chi connectivity index (χ1) is 16.0. The number of fused-ring (bicyclic) bond motifs is 1. The van der Waals surface area contributed by atoms with E-state index in [9.17, 15) is 9.59 Å². The van der Waals surface area contributed by atoms with Crippen LogP contribution >= 0.6 is 0 Å². The van der Waals surface area contributed by atoms with Crippen LogP contribution in [-0.2, 0) is 18.4 Å². The fraction of sp³-hybridized carbons (Fsp3) is 0.111. The van der Waals surface area contributed by atoms with E-state index in [-0.39, 0.29) is 18.0 Å². The van der Waals surface area contributed by atoms with E-state index in [1.807, 2.05) is 103 Å². The van der Waals surface area contributed by atoms with Gasteiger partial charge in [-0.1, -0.05) is 66.7 Å². The summed E-state index contributed by atoms with van der Waals surface area (Å²) in [5.41, 5.74) is 4.44. The smallest absolute Gasteiger partial charge is 0.295 e. The fourth-order valence-corrected chi connectivity index (χ4v) is 4.26. The van der Waals surface area contributed by atoms with Gasteiger partial charge in [-0.15, -0.1) is 0 Å². The van der Waals surface area contributed by atoms with Crippen LogP contribution in [0.4, 0.5) is 5.69 Å². The van der Waals surface area contributed by atoms with Crippen molar-refractivity contribution in [2.45, 2.75) is 13.5 Å². The summed E-state index contributed by atoms with van der Waals surface area (Å²) < 4.78 is 5.31. The summed E-state index contributed by atoms with van der Waals surface area (Å²) in [5, 5.41) is 3.94. The van der Waals surface area contributed by atoms with Crippen LogP contribution in [0, 0.1) is 6.92 Å². The van der Waals surface area contributed by atoms with Crippen molar-refractivity contribution in [2.75, 3.05) is 5.32 Å². The fourth-order valence-electron chi connectivity index (χ4n) is 4.26. The maximum atomic E-state index is 13.2. The molecular formula is C27H24N4O2. The summed E-state index contributed by atoms with van der Waals surface area (Å²) in [4.78, 5) is 26.3. The highest BCUT2D eigenvalue weighted by molar-refractivity contribution is 5.94. The van der Waals surface area contributed by atoms with Crippen LogP contribution in [0.3, 0.4) is 0 Å². The molecule has 0 aliphatic heterocycles. The highest BCUT2D eigenvalue weighted by Crippen LogP contribution is 2.28. The standard InChI is InChI=1S/C27H24N4O2/c1-19-26(27(33)31(29(19)2)22-14-7-4-8-15-22)28-25(32)18-30-23-16-10-9-13-21(23)17-24(30)20-11-5-3-6-12-20/h3-17H,18H2,1-2H3,(H,28,32). The second-order valence-corrected chi connectivity index (χ2v) is 8.03. The Kier molecular flexibility index (Phi) is 5.18. The number of amides is 1. The maximum absolute atomic E-state index is 13.2. The molecule has 0 aliphatic carbocycles. The number of hydrogen-bond acceptors (Lipinski definition) is 2. The zero-order valence-corrected chi connectivity index (χ0v) is 18.5. The van der Waals surface area contributed by atoms with Gasteiger partial charge in [-0.05, 0) is 36.8 Å². The Bertz CT molecular complexity index is 1510. The van der Waals surface area contributed by atoms with Crippen molar-refractivity contribution in [3.8, 4) is 16.9 Å². The molecule has 0 saturated carbocycles. The summed E-state index contributed by atoms with van der Waals surface area (Å²) in [6.45, 7) is 1.92. The molecule has 0 saturated heterocycles. The van der Waals surface area contributed by atoms with Gasteiger partial charge in [0, 0.05) is 23.6 Å².